The molecule has 30 heavy (non-hydrogen) atoms. The normalized spacial score (nSPS) is 12.0. The molecule has 0 saturated heterocycles. The number of nitrogens with zero attached hydrogens (tertiary/aromatic N) is 4. The van der Waals surface area contributed by atoms with E-state index in [2.05, 4.69) is 66.1 Å². The molecule has 164 valence electrons. The highest BCUT2D eigenvalue weighted by atomic mass is 35.5. The zero-order valence-electron chi connectivity index (χ0n) is 19.1. The van der Waals surface area contributed by atoms with Crippen molar-refractivity contribution in [2.45, 2.75) is 27.3 Å². The quantitative estimate of drug-likeness (QED) is 0.232. The second-order valence-corrected chi connectivity index (χ2v) is 9.10. The summed E-state index contributed by atoms with van der Waals surface area (Å²) in [6.45, 7) is 9.01. The fourth-order valence-electron chi connectivity index (χ4n) is 3.05. The molecule has 0 spiro atoms. The van der Waals surface area contributed by atoms with Gasteiger partial charge in [-0.2, -0.15) is 0 Å². The Morgan fingerprint density at radius 1 is 1.07 bits per heavy atom. The van der Waals surface area contributed by atoms with Crippen LogP contribution < -0.4 is 9.64 Å². The highest BCUT2D eigenvalue weighted by Gasteiger charge is 2.14. The van der Waals surface area contributed by atoms with Crippen molar-refractivity contribution >= 4 is 34.5 Å². The molecule has 0 aromatic heterocycles. The van der Waals surface area contributed by atoms with Gasteiger partial charge in [-0.1, -0.05) is 30.7 Å². The maximum Gasteiger partial charge on any atom is 0.266 e. The number of rotatable bonds is 8. The van der Waals surface area contributed by atoms with Gasteiger partial charge in [-0.3, -0.25) is 4.90 Å². The van der Waals surface area contributed by atoms with Gasteiger partial charge in [0.1, 0.15) is 5.75 Å². The molecule has 7 heteroatoms. The second kappa shape index (κ2) is 11.6. The van der Waals surface area contributed by atoms with Crippen molar-refractivity contribution in [2.24, 2.45) is 4.99 Å². The second-order valence-electron chi connectivity index (χ2n) is 7.51. The molecule has 0 aliphatic heterocycles. The van der Waals surface area contributed by atoms with Gasteiger partial charge in [-0.15, -0.1) is 0 Å². The van der Waals surface area contributed by atoms with Crippen LogP contribution >= 0.6 is 23.5 Å². The van der Waals surface area contributed by atoms with Crippen LogP contribution in [0, 0.1) is 13.8 Å². The molecular weight excluding hydrogens is 416 g/mol. The lowest BCUT2D eigenvalue weighted by Gasteiger charge is -2.27. The largest absolute Gasteiger partial charge is 0.433 e. The fourth-order valence-corrected chi connectivity index (χ4v) is 3.86. The first-order chi connectivity index (χ1) is 14.2. The first-order valence-corrected chi connectivity index (χ1v) is 11.2. The summed E-state index contributed by atoms with van der Waals surface area (Å²) in [5.74, 6) is 0.835. The van der Waals surface area contributed by atoms with E-state index in [1.54, 1.807) is 7.05 Å². The smallest absolute Gasteiger partial charge is 0.266 e. The summed E-state index contributed by atoms with van der Waals surface area (Å²) in [6, 6.07) is 12.2. The summed E-state index contributed by atoms with van der Waals surface area (Å²) in [4.78, 5) is 8.87. The van der Waals surface area contributed by atoms with Crippen LogP contribution in [0.3, 0.4) is 0 Å². The molecule has 0 unspecified atom stereocenters. The SMILES string of the molecule is CCN(C)CN(C)c1cc(C)c(OC(=NC)SN(C)Cc2ccc(Cl)cc2)cc1C. The van der Waals surface area contributed by atoms with E-state index in [1.165, 1.54) is 28.8 Å². The maximum absolute atomic E-state index is 6.16. The Labute approximate surface area is 190 Å². The fraction of sp³-hybridized carbons (Fsp3) is 0.435. The van der Waals surface area contributed by atoms with Gasteiger partial charge >= 0.3 is 0 Å². The maximum atomic E-state index is 6.16. The molecule has 5 nitrogen and oxygen atoms in total. The Morgan fingerprint density at radius 3 is 2.33 bits per heavy atom. The molecule has 0 fully saturated rings. The van der Waals surface area contributed by atoms with Crippen LogP contribution in [-0.2, 0) is 6.54 Å². The van der Waals surface area contributed by atoms with E-state index < -0.39 is 0 Å². The minimum atomic E-state index is 0.612. The van der Waals surface area contributed by atoms with E-state index in [-0.39, 0.29) is 0 Å². The molecule has 0 heterocycles. The number of aliphatic imine (C=N–C) groups is 1. The summed E-state index contributed by atoms with van der Waals surface area (Å²) in [6.07, 6.45) is 0. The standard InChI is InChI=1S/C23H33ClN4OS/c1-8-26(5)16-27(6)21-13-18(3)22(14-17(21)2)29-23(25-4)30-28(7)15-19-9-11-20(24)12-10-19/h9-14H,8,15-16H2,1-7H3. The topological polar surface area (TPSA) is 31.3 Å². The number of benzene rings is 2. The first-order valence-electron chi connectivity index (χ1n) is 10.0. The molecule has 0 aliphatic rings. The van der Waals surface area contributed by atoms with Gasteiger partial charge < -0.3 is 9.64 Å². The van der Waals surface area contributed by atoms with E-state index >= 15 is 0 Å². The molecule has 0 N–H and O–H groups in total. The zero-order valence-corrected chi connectivity index (χ0v) is 20.6. The zero-order chi connectivity index (χ0) is 22.3. The van der Waals surface area contributed by atoms with Crippen LogP contribution in [0.4, 0.5) is 5.69 Å². The van der Waals surface area contributed by atoms with E-state index in [1.807, 2.05) is 31.3 Å². The average Bonchev–Trinajstić information content (AvgIpc) is 2.71. The third-order valence-corrected chi connectivity index (χ3v) is 5.95. The van der Waals surface area contributed by atoms with Crippen molar-refractivity contribution in [3.63, 3.8) is 0 Å². The van der Waals surface area contributed by atoms with Gasteiger partial charge in [-0.05, 0) is 75.4 Å². The number of anilines is 1. The molecule has 0 saturated carbocycles. The highest BCUT2D eigenvalue weighted by Crippen LogP contribution is 2.30. The Balaban J connectivity index is 2.05. The third-order valence-electron chi connectivity index (χ3n) is 4.83. The molecule has 0 radical (unpaired) electrons. The van der Waals surface area contributed by atoms with Gasteiger partial charge in [0.25, 0.3) is 5.23 Å². The van der Waals surface area contributed by atoms with Crippen molar-refractivity contribution in [3.8, 4) is 5.75 Å². The average molecular weight is 449 g/mol. The van der Waals surface area contributed by atoms with Gasteiger partial charge in [0.2, 0.25) is 0 Å². The van der Waals surface area contributed by atoms with Crippen molar-refractivity contribution < 1.29 is 4.74 Å². The molecule has 2 rings (SSSR count). The highest BCUT2D eigenvalue weighted by molar-refractivity contribution is 8.11. The number of hydrogen-bond acceptors (Lipinski definition) is 6. The minimum Gasteiger partial charge on any atom is -0.433 e. The van der Waals surface area contributed by atoms with E-state index in [4.69, 9.17) is 16.3 Å². The van der Waals surface area contributed by atoms with Gasteiger partial charge in [0, 0.05) is 43.3 Å². The van der Waals surface area contributed by atoms with Crippen LogP contribution in [0.25, 0.3) is 0 Å². The predicted octanol–water partition coefficient (Wildman–Crippen LogP) is 5.45. The van der Waals surface area contributed by atoms with Crippen molar-refractivity contribution in [2.75, 3.05) is 46.3 Å². The Hall–Kier alpha value is -1.73. The van der Waals surface area contributed by atoms with Gasteiger partial charge in [0.05, 0.1) is 6.67 Å². The third kappa shape index (κ3) is 7.20. The molecule has 0 atom stereocenters. The van der Waals surface area contributed by atoms with Gasteiger partial charge in [0.15, 0.2) is 0 Å². The first kappa shape index (κ1) is 24.5. The summed E-state index contributed by atoms with van der Waals surface area (Å²) in [5.41, 5.74) is 4.66. The molecule has 2 aromatic carbocycles. The molecular formula is C23H33ClN4OS. The number of aryl methyl sites for hydroxylation is 2. The lowest BCUT2D eigenvalue weighted by atomic mass is 10.1. The summed E-state index contributed by atoms with van der Waals surface area (Å²) in [5, 5.41) is 1.36. The summed E-state index contributed by atoms with van der Waals surface area (Å²) in [7, 11) is 8.02. The Kier molecular flexibility index (Phi) is 9.49. The van der Waals surface area contributed by atoms with Gasteiger partial charge in [-0.25, -0.2) is 9.30 Å². The minimum absolute atomic E-state index is 0.612. The van der Waals surface area contributed by atoms with Crippen LogP contribution in [0.2, 0.25) is 5.02 Å². The predicted molar refractivity (Wildman–Crippen MR) is 132 cm³/mol. The number of halogens is 1. The summed E-state index contributed by atoms with van der Waals surface area (Å²) < 4.78 is 8.25. The number of hydrogen-bond donors (Lipinski definition) is 0. The Bertz CT molecular complexity index is 857. The summed E-state index contributed by atoms with van der Waals surface area (Å²) >= 11 is 7.46. The van der Waals surface area contributed by atoms with Crippen LogP contribution in [0.15, 0.2) is 41.4 Å². The van der Waals surface area contributed by atoms with Crippen LogP contribution in [0.5, 0.6) is 5.75 Å². The van der Waals surface area contributed by atoms with Crippen molar-refractivity contribution in [3.05, 3.63) is 58.1 Å². The molecule has 0 aliphatic carbocycles. The number of ether oxygens (including phenoxy) is 1. The van der Waals surface area contributed by atoms with E-state index in [9.17, 15) is 0 Å². The molecule has 0 bridgehead atoms. The lowest BCUT2D eigenvalue weighted by molar-refractivity contribution is 0.356. The van der Waals surface area contributed by atoms with Crippen LogP contribution in [0.1, 0.15) is 23.6 Å². The van der Waals surface area contributed by atoms with E-state index in [0.29, 0.717) is 5.23 Å². The van der Waals surface area contributed by atoms with E-state index in [0.717, 1.165) is 36.1 Å². The van der Waals surface area contributed by atoms with Crippen LogP contribution in [-0.4, -0.2) is 55.8 Å². The molecule has 0 amide bonds. The monoisotopic (exact) mass is 448 g/mol. The Morgan fingerprint density at radius 2 is 1.73 bits per heavy atom. The molecule has 2 aromatic rings. The lowest BCUT2D eigenvalue weighted by Crippen LogP contribution is -2.33. The van der Waals surface area contributed by atoms with Crippen molar-refractivity contribution in [1.29, 1.82) is 0 Å². The van der Waals surface area contributed by atoms with Crippen molar-refractivity contribution in [1.82, 2.24) is 9.21 Å².